The molecular weight excluding hydrogens is 422 g/mol. The van der Waals surface area contributed by atoms with Gasteiger partial charge in [0.25, 0.3) is 0 Å². The van der Waals surface area contributed by atoms with E-state index < -0.39 is 10.0 Å². The Morgan fingerprint density at radius 1 is 0.969 bits per heavy atom. The molecule has 0 unspecified atom stereocenters. The molecule has 6 nitrogen and oxygen atoms in total. The molecule has 1 fully saturated rings. The van der Waals surface area contributed by atoms with Gasteiger partial charge in [0.1, 0.15) is 5.75 Å². The van der Waals surface area contributed by atoms with Crippen LogP contribution in [0.2, 0.25) is 0 Å². The van der Waals surface area contributed by atoms with Gasteiger partial charge < -0.3 is 5.11 Å². The van der Waals surface area contributed by atoms with Crippen LogP contribution in [0.1, 0.15) is 51.8 Å². The summed E-state index contributed by atoms with van der Waals surface area (Å²) in [5, 5.41) is 10.2. The van der Waals surface area contributed by atoms with Crippen LogP contribution >= 0.6 is 0 Å². The van der Waals surface area contributed by atoms with Gasteiger partial charge in [-0.2, -0.15) is 4.31 Å². The van der Waals surface area contributed by atoms with E-state index in [0.717, 1.165) is 30.8 Å². The molecule has 0 saturated carbocycles. The van der Waals surface area contributed by atoms with Crippen molar-refractivity contribution in [2.24, 2.45) is 0 Å². The molecule has 0 amide bonds. The van der Waals surface area contributed by atoms with E-state index in [2.05, 4.69) is 30.6 Å². The van der Waals surface area contributed by atoms with Crippen molar-refractivity contribution in [1.82, 2.24) is 14.1 Å². The van der Waals surface area contributed by atoms with Gasteiger partial charge in [-0.15, -0.1) is 0 Å². The summed E-state index contributed by atoms with van der Waals surface area (Å²) in [6, 6.07) is 15.4. The highest BCUT2D eigenvalue weighted by Gasteiger charge is 2.34. The number of phenolic OH excluding ortho intramolecular Hbond substituents is 1. The minimum atomic E-state index is -3.50. The fourth-order valence-electron chi connectivity index (χ4n) is 4.83. The first-order valence-electron chi connectivity index (χ1n) is 11.6. The Kier molecular flexibility index (Phi) is 7.98. The number of piperazine rings is 1. The smallest absolute Gasteiger partial charge is 0.243 e. The van der Waals surface area contributed by atoms with E-state index in [0.29, 0.717) is 30.1 Å². The highest BCUT2D eigenvalue weighted by Crippen LogP contribution is 2.35. The van der Waals surface area contributed by atoms with Gasteiger partial charge in [-0.3, -0.25) is 9.80 Å². The van der Waals surface area contributed by atoms with Crippen LogP contribution in [-0.2, 0) is 10.0 Å². The summed E-state index contributed by atoms with van der Waals surface area (Å²) in [7, 11) is -3.50. The highest BCUT2D eigenvalue weighted by molar-refractivity contribution is 7.89. The number of likely N-dealkylation sites (N-methyl/N-ethyl adjacent to an activating group) is 1. The van der Waals surface area contributed by atoms with Gasteiger partial charge in [0.15, 0.2) is 0 Å². The Labute approximate surface area is 193 Å². The Morgan fingerprint density at radius 2 is 1.62 bits per heavy atom. The summed E-state index contributed by atoms with van der Waals surface area (Å²) < 4.78 is 27.3. The fraction of sp³-hybridized carbons (Fsp3) is 0.520. The Morgan fingerprint density at radius 3 is 2.19 bits per heavy atom. The van der Waals surface area contributed by atoms with Crippen LogP contribution in [0.15, 0.2) is 53.4 Å². The first-order chi connectivity index (χ1) is 15.2. The lowest BCUT2D eigenvalue weighted by molar-refractivity contribution is 0.0270. The van der Waals surface area contributed by atoms with Crippen LogP contribution in [0.25, 0.3) is 0 Å². The lowest BCUT2D eigenvalue weighted by atomic mass is 9.93. The van der Waals surface area contributed by atoms with Crippen molar-refractivity contribution in [3.05, 3.63) is 59.7 Å². The molecule has 2 aromatic rings. The van der Waals surface area contributed by atoms with Crippen molar-refractivity contribution in [3.63, 3.8) is 0 Å². The second-order valence-electron chi connectivity index (χ2n) is 8.64. The molecule has 0 bridgehead atoms. The number of sulfonamides is 1. The number of aromatic hydroxyl groups is 1. The standard InChI is InChI=1S/C25H37N3O3S/c1-6-26-17-20(5)28(18-19(26)4)25(22-10-9-11-23(29)16-22)21-12-14-24(15-13-21)32(30,31)27(7-2)8-3/h9-16,19-20,25,29H,6-8,17-18H2,1-5H3/t19-,20+,25+/m0/s1. The molecule has 1 aliphatic rings. The molecule has 176 valence electrons. The highest BCUT2D eigenvalue weighted by atomic mass is 32.2. The molecule has 1 saturated heterocycles. The summed E-state index contributed by atoms with van der Waals surface area (Å²) in [5.41, 5.74) is 2.03. The fourth-order valence-corrected chi connectivity index (χ4v) is 6.29. The van der Waals surface area contributed by atoms with E-state index >= 15 is 0 Å². The van der Waals surface area contributed by atoms with E-state index in [4.69, 9.17) is 0 Å². The molecular formula is C25H37N3O3S. The maximum atomic E-state index is 12.9. The van der Waals surface area contributed by atoms with E-state index in [-0.39, 0.29) is 11.8 Å². The van der Waals surface area contributed by atoms with Crippen LogP contribution in [0.5, 0.6) is 5.75 Å². The van der Waals surface area contributed by atoms with E-state index in [1.54, 1.807) is 18.2 Å². The Balaban J connectivity index is 2.01. The van der Waals surface area contributed by atoms with Crippen molar-refractivity contribution in [3.8, 4) is 5.75 Å². The van der Waals surface area contributed by atoms with Crippen molar-refractivity contribution >= 4 is 10.0 Å². The lowest BCUT2D eigenvalue weighted by Gasteiger charge is -2.47. The summed E-state index contributed by atoms with van der Waals surface area (Å²) >= 11 is 0. The van der Waals surface area contributed by atoms with E-state index in [9.17, 15) is 13.5 Å². The molecule has 7 heteroatoms. The third-order valence-corrected chi connectivity index (χ3v) is 8.69. The molecule has 3 rings (SSSR count). The van der Waals surface area contributed by atoms with E-state index in [1.165, 1.54) is 4.31 Å². The molecule has 0 spiro atoms. The van der Waals surface area contributed by atoms with Gasteiger partial charge in [-0.1, -0.05) is 45.0 Å². The molecule has 3 atom stereocenters. The molecule has 0 radical (unpaired) electrons. The minimum Gasteiger partial charge on any atom is -0.508 e. The van der Waals surface area contributed by atoms with Gasteiger partial charge in [-0.25, -0.2) is 8.42 Å². The van der Waals surface area contributed by atoms with Crippen LogP contribution in [0, 0.1) is 0 Å². The zero-order chi connectivity index (χ0) is 23.5. The average Bonchev–Trinajstić information content (AvgIpc) is 2.77. The van der Waals surface area contributed by atoms with Crippen molar-refractivity contribution < 1.29 is 13.5 Å². The summed E-state index contributed by atoms with van der Waals surface area (Å²) in [6.45, 7) is 14.2. The number of hydrogen-bond donors (Lipinski definition) is 1. The minimum absolute atomic E-state index is 0.0660. The third kappa shape index (κ3) is 5.01. The van der Waals surface area contributed by atoms with Gasteiger partial charge in [0.05, 0.1) is 10.9 Å². The quantitative estimate of drug-likeness (QED) is 0.648. The van der Waals surface area contributed by atoms with Crippen LogP contribution in [0.4, 0.5) is 0 Å². The molecule has 2 aromatic carbocycles. The van der Waals surface area contributed by atoms with Gasteiger partial charge in [-0.05, 0) is 55.8 Å². The van der Waals surface area contributed by atoms with Gasteiger partial charge in [0, 0.05) is 38.3 Å². The molecule has 0 aliphatic carbocycles. The maximum absolute atomic E-state index is 12.9. The SMILES string of the molecule is CCN1C[C@@H](C)N([C@H](c2ccc(S(=O)(=O)N(CC)CC)cc2)c2cccc(O)c2)C[C@@H]1C. The largest absolute Gasteiger partial charge is 0.508 e. The van der Waals surface area contributed by atoms with Crippen molar-refractivity contribution in [1.29, 1.82) is 0 Å². The first-order valence-corrected chi connectivity index (χ1v) is 13.1. The summed E-state index contributed by atoms with van der Waals surface area (Å²) in [4.78, 5) is 5.27. The summed E-state index contributed by atoms with van der Waals surface area (Å²) in [5.74, 6) is 0.237. The zero-order valence-electron chi connectivity index (χ0n) is 19.9. The Hall–Kier alpha value is -1.93. The van der Waals surface area contributed by atoms with Crippen LogP contribution < -0.4 is 0 Å². The Bertz CT molecular complexity index is 990. The zero-order valence-corrected chi connectivity index (χ0v) is 20.7. The monoisotopic (exact) mass is 459 g/mol. The number of benzene rings is 2. The molecule has 1 heterocycles. The topological polar surface area (TPSA) is 64.1 Å². The predicted octanol–water partition coefficient (Wildman–Crippen LogP) is 3.93. The van der Waals surface area contributed by atoms with Crippen molar-refractivity contribution in [2.75, 3.05) is 32.7 Å². The second kappa shape index (κ2) is 10.3. The predicted molar refractivity (Wildman–Crippen MR) is 129 cm³/mol. The lowest BCUT2D eigenvalue weighted by Crippen LogP contribution is -2.57. The third-order valence-electron chi connectivity index (χ3n) is 6.63. The molecule has 1 N–H and O–H groups in total. The van der Waals surface area contributed by atoms with Crippen LogP contribution in [0.3, 0.4) is 0 Å². The van der Waals surface area contributed by atoms with E-state index in [1.807, 2.05) is 44.2 Å². The first kappa shape index (κ1) is 24.7. The summed E-state index contributed by atoms with van der Waals surface area (Å²) in [6.07, 6.45) is 0. The molecule has 32 heavy (non-hydrogen) atoms. The van der Waals surface area contributed by atoms with Gasteiger partial charge in [0.2, 0.25) is 10.0 Å². The maximum Gasteiger partial charge on any atom is 0.243 e. The van der Waals surface area contributed by atoms with Crippen LogP contribution in [-0.4, -0.2) is 72.4 Å². The second-order valence-corrected chi connectivity index (χ2v) is 10.6. The normalized spacial score (nSPS) is 21.7. The molecule has 1 aliphatic heterocycles. The number of rotatable bonds is 8. The number of nitrogens with zero attached hydrogens (tertiary/aromatic N) is 3. The van der Waals surface area contributed by atoms with Crippen molar-refractivity contribution in [2.45, 2.75) is 57.6 Å². The van der Waals surface area contributed by atoms with Gasteiger partial charge >= 0.3 is 0 Å². The average molecular weight is 460 g/mol. The number of hydrogen-bond acceptors (Lipinski definition) is 5. The number of phenols is 1. The molecule has 0 aromatic heterocycles.